The van der Waals surface area contributed by atoms with Gasteiger partial charge in [0.15, 0.2) is 8.32 Å². The third kappa shape index (κ3) is 4.24. The van der Waals surface area contributed by atoms with Crippen molar-refractivity contribution in [3.63, 3.8) is 0 Å². The van der Waals surface area contributed by atoms with E-state index in [2.05, 4.69) is 38.6 Å². The van der Waals surface area contributed by atoms with Gasteiger partial charge in [0.05, 0.1) is 13.5 Å². The van der Waals surface area contributed by atoms with Crippen LogP contribution in [0.2, 0.25) is 18.1 Å². The maximum Gasteiger partial charge on any atom is 0.307 e. The van der Waals surface area contributed by atoms with Crippen molar-refractivity contribution in [1.29, 1.82) is 0 Å². The van der Waals surface area contributed by atoms with Crippen molar-refractivity contribution >= 4 is 14.3 Å². The molecule has 0 aromatic rings. The summed E-state index contributed by atoms with van der Waals surface area (Å²) >= 11 is 0. The van der Waals surface area contributed by atoms with Crippen LogP contribution in [-0.4, -0.2) is 28.0 Å². The van der Waals surface area contributed by atoms with Gasteiger partial charge in [0.25, 0.3) is 0 Å². The SMILES string of the molecule is COC(=O)CCO[Si](C)(C)C(C)(C)C. The average molecular weight is 218 g/mol. The third-order valence-electron chi connectivity index (χ3n) is 2.80. The fourth-order valence-corrected chi connectivity index (χ4v) is 1.75. The lowest BCUT2D eigenvalue weighted by Gasteiger charge is -2.36. The molecule has 4 heteroatoms. The molecule has 3 nitrogen and oxygen atoms in total. The highest BCUT2D eigenvalue weighted by molar-refractivity contribution is 6.74. The average Bonchev–Trinajstić information content (AvgIpc) is 2.01. The van der Waals surface area contributed by atoms with Crippen LogP contribution in [0.4, 0.5) is 0 Å². The summed E-state index contributed by atoms with van der Waals surface area (Å²) in [6.07, 6.45) is 0.350. The van der Waals surface area contributed by atoms with Gasteiger partial charge in [0.2, 0.25) is 0 Å². The second kappa shape index (κ2) is 4.93. The number of carbonyl (C=O) groups excluding carboxylic acids is 1. The maximum atomic E-state index is 10.9. The second-order valence-electron chi connectivity index (χ2n) is 4.93. The van der Waals surface area contributed by atoms with Gasteiger partial charge in [0, 0.05) is 6.61 Å². The Bertz CT molecular complexity index is 194. The summed E-state index contributed by atoms with van der Waals surface area (Å²) in [5.74, 6) is -0.205. The Labute approximate surface area is 87.9 Å². The first kappa shape index (κ1) is 13.6. The van der Waals surface area contributed by atoms with E-state index in [-0.39, 0.29) is 11.0 Å². The highest BCUT2D eigenvalue weighted by Crippen LogP contribution is 2.36. The maximum absolute atomic E-state index is 10.9. The molecular weight excluding hydrogens is 196 g/mol. The largest absolute Gasteiger partial charge is 0.469 e. The number of carbonyl (C=O) groups is 1. The predicted octanol–water partition coefficient (Wildman–Crippen LogP) is 2.57. The Morgan fingerprint density at radius 3 is 2.14 bits per heavy atom. The molecule has 0 fully saturated rings. The molecule has 0 saturated carbocycles. The first-order chi connectivity index (χ1) is 6.20. The van der Waals surface area contributed by atoms with Crippen LogP contribution in [0.3, 0.4) is 0 Å². The monoisotopic (exact) mass is 218 g/mol. The van der Waals surface area contributed by atoms with E-state index in [0.29, 0.717) is 13.0 Å². The first-order valence-corrected chi connectivity index (χ1v) is 7.82. The molecule has 0 unspecified atom stereocenters. The molecule has 0 aromatic heterocycles. The Balaban J connectivity index is 3.95. The van der Waals surface area contributed by atoms with E-state index in [1.807, 2.05) is 0 Å². The number of esters is 1. The molecule has 0 rings (SSSR count). The number of rotatable bonds is 4. The number of ether oxygens (including phenoxy) is 1. The smallest absolute Gasteiger partial charge is 0.307 e. The van der Waals surface area contributed by atoms with E-state index >= 15 is 0 Å². The van der Waals surface area contributed by atoms with Crippen molar-refractivity contribution in [2.45, 2.75) is 45.3 Å². The van der Waals surface area contributed by atoms with Gasteiger partial charge in [-0.3, -0.25) is 4.79 Å². The first-order valence-electron chi connectivity index (χ1n) is 4.91. The normalized spacial score (nSPS) is 12.7. The van der Waals surface area contributed by atoms with Gasteiger partial charge >= 0.3 is 5.97 Å². The van der Waals surface area contributed by atoms with Crippen LogP contribution in [0, 0.1) is 0 Å². The minimum atomic E-state index is -1.69. The fraction of sp³-hybridized carbons (Fsp3) is 0.900. The van der Waals surface area contributed by atoms with Crippen molar-refractivity contribution in [3.05, 3.63) is 0 Å². The van der Waals surface area contributed by atoms with E-state index in [0.717, 1.165) is 0 Å². The van der Waals surface area contributed by atoms with Crippen LogP contribution in [0.25, 0.3) is 0 Å². The number of hydrogen-bond acceptors (Lipinski definition) is 3. The Morgan fingerprint density at radius 2 is 1.79 bits per heavy atom. The molecule has 14 heavy (non-hydrogen) atoms. The number of methoxy groups -OCH3 is 1. The van der Waals surface area contributed by atoms with Crippen molar-refractivity contribution in [1.82, 2.24) is 0 Å². The molecule has 0 atom stereocenters. The van der Waals surface area contributed by atoms with E-state index in [4.69, 9.17) is 4.43 Å². The third-order valence-corrected chi connectivity index (χ3v) is 7.34. The zero-order chi connectivity index (χ0) is 11.4. The molecule has 0 aliphatic rings. The van der Waals surface area contributed by atoms with Crippen LogP contribution < -0.4 is 0 Å². The van der Waals surface area contributed by atoms with E-state index in [1.54, 1.807) is 0 Å². The van der Waals surface area contributed by atoms with Gasteiger partial charge in [-0.25, -0.2) is 0 Å². The van der Waals surface area contributed by atoms with E-state index < -0.39 is 8.32 Å². The Kier molecular flexibility index (Phi) is 4.81. The summed E-state index contributed by atoms with van der Waals surface area (Å²) in [4.78, 5) is 10.9. The zero-order valence-electron chi connectivity index (χ0n) is 10.1. The minimum absolute atomic E-state index is 0.198. The fourth-order valence-electron chi connectivity index (χ4n) is 0.708. The Morgan fingerprint density at radius 1 is 1.29 bits per heavy atom. The predicted molar refractivity (Wildman–Crippen MR) is 59.8 cm³/mol. The number of hydrogen-bond donors (Lipinski definition) is 0. The van der Waals surface area contributed by atoms with Crippen molar-refractivity contribution in [2.75, 3.05) is 13.7 Å². The van der Waals surface area contributed by atoms with Gasteiger partial charge in [0.1, 0.15) is 0 Å². The van der Waals surface area contributed by atoms with Crippen LogP contribution in [0.15, 0.2) is 0 Å². The Hall–Kier alpha value is -0.353. The minimum Gasteiger partial charge on any atom is -0.469 e. The molecule has 0 bridgehead atoms. The van der Waals surface area contributed by atoms with Gasteiger partial charge < -0.3 is 9.16 Å². The molecule has 0 aliphatic heterocycles. The van der Waals surface area contributed by atoms with Gasteiger partial charge in [-0.1, -0.05) is 20.8 Å². The summed E-state index contributed by atoms with van der Waals surface area (Å²) in [6.45, 7) is 11.4. The lowest BCUT2D eigenvalue weighted by molar-refractivity contribution is -0.141. The summed E-state index contributed by atoms with van der Waals surface area (Å²) in [5, 5.41) is 0.198. The second-order valence-corrected chi connectivity index (χ2v) is 9.74. The molecule has 0 aromatic carbocycles. The van der Waals surface area contributed by atoms with Crippen molar-refractivity contribution in [2.24, 2.45) is 0 Å². The lowest BCUT2D eigenvalue weighted by atomic mass is 10.2. The molecule has 0 amide bonds. The van der Waals surface area contributed by atoms with Crippen LogP contribution in [0.5, 0.6) is 0 Å². The molecule has 0 saturated heterocycles. The van der Waals surface area contributed by atoms with Gasteiger partial charge in [-0.15, -0.1) is 0 Å². The zero-order valence-corrected chi connectivity index (χ0v) is 11.1. The summed E-state index contributed by atoms with van der Waals surface area (Å²) in [7, 11) is -0.295. The van der Waals surface area contributed by atoms with Crippen LogP contribution >= 0.6 is 0 Å². The highest BCUT2D eigenvalue weighted by Gasteiger charge is 2.36. The molecule has 0 N–H and O–H groups in total. The van der Waals surface area contributed by atoms with Crippen molar-refractivity contribution < 1.29 is 14.0 Å². The molecule has 84 valence electrons. The molecule has 0 radical (unpaired) electrons. The molecular formula is C10H22O3Si. The molecule has 0 heterocycles. The van der Waals surface area contributed by atoms with Crippen molar-refractivity contribution in [3.8, 4) is 0 Å². The summed E-state index contributed by atoms with van der Waals surface area (Å²) in [6, 6.07) is 0. The molecule has 0 aliphatic carbocycles. The topological polar surface area (TPSA) is 35.5 Å². The highest BCUT2D eigenvalue weighted by atomic mass is 28.4. The standard InChI is InChI=1S/C10H22O3Si/c1-10(2,3)14(5,6)13-8-7-9(11)12-4/h7-8H2,1-6H3. The van der Waals surface area contributed by atoms with Crippen LogP contribution in [-0.2, 0) is 14.0 Å². The summed E-state index contributed by atoms with van der Waals surface area (Å²) in [5.41, 5.74) is 0. The van der Waals surface area contributed by atoms with E-state index in [1.165, 1.54) is 7.11 Å². The van der Waals surface area contributed by atoms with Gasteiger partial charge in [-0.05, 0) is 18.1 Å². The van der Waals surface area contributed by atoms with Gasteiger partial charge in [-0.2, -0.15) is 0 Å². The van der Waals surface area contributed by atoms with E-state index in [9.17, 15) is 4.79 Å². The molecule has 0 spiro atoms. The van der Waals surface area contributed by atoms with Crippen LogP contribution in [0.1, 0.15) is 27.2 Å². The lowest BCUT2D eigenvalue weighted by Crippen LogP contribution is -2.41. The quantitative estimate of drug-likeness (QED) is 0.537. The summed E-state index contributed by atoms with van der Waals surface area (Å²) < 4.78 is 10.4.